The van der Waals surface area contributed by atoms with Gasteiger partial charge < -0.3 is 50.5 Å². The number of ether oxygens (including phenoxy) is 2. The van der Waals surface area contributed by atoms with Gasteiger partial charge in [-0.05, 0) is 64.2 Å². The molecule has 11 nitrogen and oxygen atoms in total. The Balaban J connectivity index is 2.29. The van der Waals surface area contributed by atoms with Gasteiger partial charge in [-0.2, -0.15) is 0 Å². The molecule has 0 saturated carbocycles. The molecule has 1 amide bonds. The van der Waals surface area contributed by atoms with Crippen LogP contribution in [0.1, 0.15) is 284 Å². The highest BCUT2D eigenvalue weighted by Crippen LogP contribution is 2.23. The van der Waals surface area contributed by atoms with Gasteiger partial charge in [0.1, 0.15) is 36.6 Å². The average Bonchev–Trinajstić information content (AvgIpc) is 3.39. The fourth-order valence-electron chi connectivity index (χ4n) is 9.89. The molecule has 1 aliphatic rings. The number of unbranched alkanes of at least 4 members (excludes halogenated alkanes) is 35. The summed E-state index contributed by atoms with van der Waals surface area (Å²) >= 11 is 0. The quantitative estimate of drug-likeness (QED) is 0.0215. The molecule has 1 rings (SSSR count). The number of carbonyl (C=O) groups excluding carboxylic acids is 1. The normalized spacial score (nSPS) is 20.2. The van der Waals surface area contributed by atoms with Gasteiger partial charge in [-0.1, -0.05) is 256 Å². The van der Waals surface area contributed by atoms with Crippen LogP contribution in [0.15, 0.2) is 36.5 Å². The minimum absolute atomic E-state index is 0.243. The molecule has 1 saturated heterocycles. The zero-order chi connectivity index (χ0) is 53.3. The molecule has 11 heteroatoms. The van der Waals surface area contributed by atoms with Gasteiger partial charge >= 0.3 is 0 Å². The van der Waals surface area contributed by atoms with E-state index in [4.69, 9.17) is 9.47 Å². The molecule has 0 aromatic carbocycles. The summed E-state index contributed by atoms with van der Waals surface area (Å²) in [6.07, 6.45) is 52.1. The van der Waals surface area contributed by atoms with Crippen molar-refractivity contribution in [3.63, 3.8) is 0 Å². The van der Waals surface area contributed by atoms with Crippen LogP contribution in [0.25, 0.3) is 0 Å². The molecule has 8 N–H and O–H groups in total. The molecule has 0 aromatic rings. The first-order valence-electron chi connectivity index (χ1n) is 30.9. The maximum atomic E-state index is 13.2. The lowest BCUT2D eigenvalue weighted by Gasteiger charge is -2.40. The van der Waals surface area contributed by atoms with Gasteiger partial charge in [0, 0.05) is 0 Å². The fourth-order valence-corrected chi connectivity index (χ4v) is 9.89. The number of aliphatic hydroxyl groups excluding tert-OH is 7. The van der Waals surface area contributed by atoms with E-state index in [0.717, 1.165) is 44.9 Å². The summed E-state index contributed by atoms with van der Waals surface area (Å²) in [5.41, 5.74) is 0. The first kappa shape index (κ1) is 69.3. The molecule has 0 aliphatic carbocycles. The van der Waals surface area contributed by atoms with Crippen LogP contribution in [0.2, 0.25) is 0 Å². The zero-order valence-electron chi connectivity index (χ0n) is 47.1. The third kappa shape index (κ3) is 39.4. The number of hydrogen-bond acceptors (Lipinski definition) is 10. The van der Waals surface area contributed by atoms with Crippen LogP contribution in [0, 0.1) is 0 Å². The standard InChI is InChI=1S/C62H117NO10/c1-3-5-7-9-11-13-15-17-19-21-23-25-26-27-28-29-30-32-34-36-38-40-42-44-46-48-50-55(66)61(71)63-53(52-72-62-60(70)59(69)58(68)56(51-64)73-62)57(67)54(65)49-47-45-43-41-39-37-35-33-31-24-22-20-18-16-14-12-10-8-6-4-2/h20,22,33,35,41,43,53-60,62,64-70H,3-19,21,23-32,34,36-40,42,44-52H2,1-2H3,(H,63,71)/b22-20+,35-33+,43-41+. The summed E-state index contributed by atoms with van der Waals surface area (Å²) < 4.78 is 11.1. The number of allylic oxidation sites excluding steroid dienone is 6. The van der Waals surface area contributed by atoms with E-state index in [1.165, 1.54) is 193 Å². The number of carbonyl (C=O) groups is 1. The van der Waals surface area contributed by atoms with Crippen LogP contribution in [-0.4, -0.2) is 110 Å². The van der Waals surface area contributed by atoms with Crippen molar-refractivity contribution in [3.8, 4) is 0 Å². The van der Waals surface area contributed by atoms with E-state index in [9.17, 15) is 40.5 Å². The minimum Gasteiger partial charge on any atom is -0.394 e. The summed E-state index contributed by atoms with van der Waals surface area (Å²) in [5.74, 6) is -0.708. The van der Waals surface area contributed by atoms with Crippen molar-refractivity contribution < 1.29 is 50.0 Å². The Morgan fingerprint density at radius 1 is 0.466 bits per heavy atom. The minimum atomic E-state index is -1.67. The Hall–Kier alpha value is -1.67. The van der Waals surface area contributed by atoms with E-state index in [0.29, 0.717) is 19.3 Å². The fraction of sp³-hybridized carbons (Fsp3) is 0.887. The Labute approximate surface area is 447 Å². The second kappa shape index (κ2) is 51.1. The van der Waals surface area contributed by atoms with Crippen LogP contribution in [0.5, 0.6) is 0 Å². The highest BCUT2D eigenvalue weighted by atomic mass is 16.7. The number of amides is 1. The molecule has 73 heavy (non-hydrogen) atoms. The predicted molar refractivity (Wildman–Crippen MR) is 302 cm³/mol. The summed E-state index contributed by atoms with van der Waals surface area (Å²) in [7, 11) is 0. The average molecular weight is 1040 g/mol. The largest absolute Gasteiger partial charge is 0.394 e. The van der Waals surface area contributed by atoms with Crippen LogP contribution >= 0.6 is 0 Å². The highest BCUT2D eigenvalue weighted by Gasteiger charge is 2.44. The third-order valence-electron chi connectivity index (χ3n) is 14.9. The molecule has 0 spiro atoms. The van der Waals surface area contributed by atoms with E-state index in [-0.39, 0.29) is 12.8 Å². The van der Waals surface area contributed by atoms with Crippen LogP contribution in [-0.2, 0) is 14.3 Å². The summed E-state index contributed by atoms with van der Waals surface area (Å²) in [6.45, 7) is 3.46. The van der Waals surface area contributed by atoms with E-state index in [1.54, 1.807) is 0 Å². The van der Waals surface area contributed by atoms with Crippen LogP contribution < -0.4 is 5.32 Å². The SMILES string of the molecule is CCCCCCCCC/C=C/CC/C=C/CC/C=C/CCCC(O)C(O)C(COC1OC(CO)C(O)C(O)C1O)NC(=O)C(O)CCCCCCCCCCCCCCCCCCCCCCCCCCCC. The van der Waals surface area contributed by atoms with E-state index < -0.39 is 74.2 Å². The van der Waals surface area contributed by atoms with E-state index in [1.807, 2.05) is 0 Å². The second-order valence-corrected chi connectivity index (χ2v) is 21.8. The first-order valence-corrected chi connectivity index (χ1v) is 30.9. The first-order chi connectivity index (χ1) is 35.7. The topological polar surface area (TPSA) is 189 Å². The summed E-state index contributed by atoms with van der Waals surface area (Å²) in [4.78, 5) is 13.2. The van der Waals surface area contributed by atoms with Crippen molar-refractivity contribution in [2.75, 3.05) is 13.2 Å². The zero-order valence-corrected chi connectivity index (χ0v) is 47.1. The Morgan fingerprint density at radius 2 is 0.822 bits per heavy atom. The van der Waals surface area contributed by atoms with Gasteiger partial charge in [-0.3, -0.25) is 4.79 Å². The number of aliphatic hydroxyl groups is 7. The van der Waals surface area contributed by atoms with Crippen molar-refractivity contribution in [2.24, 2.45) is 0 Å². The Kier molecular flexibility index (Phi) is 48.5. The molecule has 0 radical (unpaired) electrons. The molecule has 430 valence electrons. The Morgan fingerprint density at radius 3 is 1.22 bits per heavy atom. The van der Waals surface area contributed by atoms with Crippen LogP contribution in [0.3, 0.4) is 0 Å². The van der Waals surface area contributed by atoms with Gasteiger partial charge in [0.2, 0.25) is 5.91 Å². The molecule has 1 heterocycles. The summed E-state index contributed by atoms with van der Waals surface area (Å²) in [6, 6.07) is -1.19. The third-order valence-corrected chi connectivity index (χ3v) is 14.9. The van der Waals surface area contributed by atoms with Gasteiger partial charge in [0.15, 0.2) is 6.29 Å². The highest BCUT2D eigenvalue weighted by molar-refractivity contribution is 5.80. The maximum absolute atomic E-state index is 13.2. The molecule has 9 atom stereocenters. The van der Waals surface area contributed by atoms with Gasteiger partial charge in [-0.25, -0.2) is 0 Å². The molecule has 0 bridgehead atoms. The lowest BCUT2D eigenvalue weighted by molar-refractivity contribution is -0.303. The molecule has 1 aliphatic heterocycles. The summed E-state index contributed by atoms with van der Waals surface area (Å²) in [5, 5.41) is 76.2. The monoisotopic (exact) mass is 1040 g/mol. The van der Waals surface area contributed by atoms with Gasteiger partial charge in [-0.15, -0.1) is 0 Å². The van der Waals surface area contributed by atoms with Crippen LogP contribution in [0.4, 0.5) is 0 Å². The van der Waals surface area contributed by atoms with E-state index in [2.05, 4.69) is 55.6 Å². The second-order valence-electron chi connectivity index (χ2n) is 21.8. The van der Waals surface area contributed by atoms with Gasteiger partial charge in [0.25, 0.3) is 0 Å². The van der Waals surface area contributed by atoms with Crippen molar-refractivity contribution in [2.45, 2.75) is 339 Å². The molecule has 9 unspecified atom stereocenters. The maximum Gasteiger partial charge on any atom is 0.249 e. The van der Waals surface area contributed by atoms with Crippen molar-refractivity contribution >= 4 is 5.91 Å². The van der Waals surface area contributed by atoms with Gasteiger partial charge in [0.05, 0.1) is 25.4 Å². The van der Waals surface area contributed by atoms with E-state index >= 15 is 0 Å². The molecule has 0 aromatic heterocycles. The lowest BCUT2D eigenvalue weighted by atomic mass is 9.98. The Bertz CT molecular complexity index is 1280. The smallest absolute Gasteiger partial charge is 0.249 e. The molecular formula is C62H117NO10. The molecular weight excluding hydrogens is 919 g/mol. The van der Waals surface area contributed by atoms with Crippen molar-refractivity contribution in [1.82, 2.24) is 5.32 Å². The number of hydrogen-bond donors (Lipinski definition) is 8. The number of rotatable bonds is 53. The van der Waals surface area contributed by atoms with Crippen molar-refractivity contribution in [1.29, 1.82) is 0 Å². The predicted octanol–water partition coefficient (Wildman–Crippen LogP) is 13.5. The number of nitrogens with one attached hydrogen (secondary N) is 1. The van der Waals surface area contributed by atoms with Crippen molar-refractivity contribution in [3.05, 3.63) is 36.5 Å². The molecule has 1 fully saturated rings. The lowest BCUT2D eigenvalue weighted by Crippen LogP contribution is -2.60.